The number of ether oxygens (including phenoxy) is 1. The van der Waals surface area contributed by atoms with Crippen LogP contribution in [0.2, 0.25) is 0 Å². The quantitative estimate of drug-likeness (QED) is 0.885. The zero-order valence-electron chi connectivity index (χ0n) is 11.5. The van der Waals surface area contributed by atoms with Crippen LogP contribution in [-0.2, 0) is 11.3 Å². The fraction of sp³-hybridized carbons (Fsp3) is 0.643. The lowest BCUT2D eigenvalue weighted by atomic mass is 9.98. The lowest BCUT2D eigenvalue weighted by Crippen LogP contribution is -2.34. The molecule has 1 aliphatic rings. The molecule has 0 radical (unpaired) electrons. The summed E-state index contributed by atoms with van der Waals surface area (Å²) >= 11 is 0. The molecule has 5 nitrogen and oxygen atoms in total. The molecule has 1 saturated heterocycles. The molecule has 0 aliphatic carbocycles. The highest BCUT2D eigenvalue weighted by atomic mass is 16.5. The molecule has 1 fully saturated rings. The number of rotatable bonds is 5. The van der Waals surface area contributed by atoms with Gasteiger partial charge in [0.25, 0.3) is 0 Å². The zero-order chi connectivity index (χ0) is 13.8. The van der Waals surface area contributed by atoms with E-state index in [-0.39, 0.29) is 5.56 Å². The van der Waals surface area contributed by atoms with Crippen molar-refractivity contribution in [3.8, 4) is 0 Å². The van der Waals surface area contributed by atoms with E-state index < -0.39 is 5.97 Å². The van der Waals surface area contributed by atoms with Gasteiger partial charge in [-0.1, -0.05) is 0 Å². The molecule has 19 heavy (non-hydrogen) atoms. The standard InChI is InChI=1S/C14H21NO4/c1-10-13(14(16)17)7-12(19-10)8-15-5-3-11(4-6-15)9-18-2/h7,11H,3-6,8-9H2,1-2H3,(H,16,17). The molecule has 0 atom stereocenters. The van der Waals surface area contributed by atoms with Crippen molar-refractivity contribution < 1.29 is 19.1 Å². The van der Waals surface area contributed by atoms with Crippen LogP contribution in [0.4, 0.5) is 0 Å². The molecule has 0 aromatic carbocycles. The lowest BCUT2D eigenvalue weighted by Gasteiger charge is -2.30. The topological polar surface area (TPSA) is 62.9 Å². The number of aryl methyl sites for hydroxylation is 1. The van der Waals surface area contributed by atoms with Gasteiger partial charge in [-0.2, -0.15) is 0 Å². The van der Waals surface area contributed by atoms with E-state index in [1.54, 1.807) is 20.1 Å². The highest BCUT2D eigenvalue weighted by molar-refractivity contribution is 5.88. The van der Waals surface area contributed by atoms with Crippen molar-refractivity contribution in [2.24, 2.45) is 5.92 Å². The Kier molecular flexibility index (Phi) is 4.61. The fourth-order valence-electron chi connectivity index (χ4n) is 2.60. The molecular formula is C14H21NO4. The molecule has 0 saturated carbocycles. The van der Waals surface area contributed by atoms with E-state index >= 15 is 0 Å². The first-order chi connectivity index (χ1) is 9.10. The van der Waals surface area contributed by atoms with Crippen LogP contribution < -0.4 is 0 Å². The molecule has 106 valence electrons. The van der Waals surface area contributed by atoms with Crippen LogP contribution in [0.15, 0.2) is 10.5 Å². The maximum absolute atomic E-state index is 11.0. The minimum atomic E-state index is -0.925. The van der Waals surface area contributed by atoms with E-state index in [0.29, 0.717) is 18.2 Å². The minimum absolute atomic E-state index is 0.268. The Hall–Kier alpha value is -1.33. The van der Waals surface area contributed by atoms with Crippen LogP contribution in [0.25, 0.3) is 0 Å². The van der Waals surface area contributed by atoms with Crippen LogP contribution in [0, 0.1) is 12.8 Å². The number of carboxylic acids is 1. The number of carbonyl (C=O) groups is 1. The molecule has 2 rings (SSSR count). The first-order valence-corrected chi connectivity index (χ1v) is 6.64. The maximum Gasteiger partial charge on any atom is 0.339 e. The first-order valence-electron chi connectivity index (χ1n) is 6.64. The van der Waals surface area contributed by atoms with E-state index in [0.717, 1.165) is 38.3 Å². The van der Waals surface area contributed by atoms with Crippen LogP contribution in [0.1, 0.15) is 34.7 Å². The summed E-state index contributed by atoms with van der Waals surface area (Å²) in [4.78, 5) is 13.3. The number of furan rings is 1. The smallest absolute Gasteiger partial charge is 0.339 e. The van der Waals surface area contributed by atoms with Crippen molar-refractivity contribution >= 4 is 5.97 Å². The van der Waals surface area contributed by atoms with Crippen LogP contribution in [0.5, 0.6) is 0 Å². The molecule has 0 amide bonds. The SMILES string of the molecule is COCC1CCN(Cc2cc(C(=O)O)c(C)o2)CC1. The Morgan fingerprint density at radius 3 is 2.74 bits per heavy atom. The predicted molar refractivity (Wildman–Crippen MR) is 70.3 cm³/mol. The number of likely N-dealkylation sites (tertiary alicyclic amines) is 1. The summed E-state index contributed by atoms with van der Waals surface area (Å²) in [6, 6.07) is 1.64. The Morgan fingerprint density at radius 1 is 1.53 bits per heavy atom. The van der Waals surface area contributed by atoms with Gasteiger partial charge in [0.2, 0.25) is 0 Å². The number of piperidine rings is 1. The maximum atomic E-state index is 11.0. The molecular weight excluding hydrogens is 246 g/mol. The van der Waals surface area contributed by atoms with Crippen LogP contribution in [-0.4, -0.2) is 42.8 Å². The second-order valence-corrected chi connectivity index (χ2v) is 5.16. The van der Waals surface area contributed by atoms with Gasteiger partial charge in [0.1, 0.15) is 17.1 Å². The average Bonchev–Trinajstić information content (AvgIpc) is 2.73. The molecule has 0 bridgehead atoms. The van der Waals surface area contributed by atoms with Crippen molar-refractivity contribution in [3.05, 3.63) is 23.2 Å². The van der Waals surface area contributed by atoms with Gasteiger partial charge < -0.3 is 14.3 Å². The molecule has 1 aromatic heterocycles. The number of hydrogen-bond acceptors (Lipinski definition) is 4. The van der Waals surface area contributed by atoms with Gasteiger partial charge in [0, 0.05) is 13.7 Å². The molecule has 5 heteroatoms. The van der Waals surface area contributed by atoms with Gasteiger partial charge in [-0.05, 0) is 44.8 Å². The van der Waals surface area contributed by atoms with Crippen molar-refractivity contribution in [3.63, 3.8) is 0 Å². The van der Waals surface area contributed by atoms with Gasteiger partial charge in [0.15, 0.2) is 0 Å². The molecule has 1 aromatic rings. The van der Waals surface area contributed by atoms with E-state index in [2.05, 4.69) is 4.90 Å². The Bertz CT molecular complexity index is 433. The summed E-state index contributed by atoms with van der Waals surface area (Å²) in [5, 5.41) is 8.99. The van der Waals surface area contributed by atoms with Gasteiger partial charge in [0.05, 0.1) is 6.54 Å². The third-order valence-corrected chi connectivity index (χ3v) is 3.69. The zero-order valence-corrected chi connectivity index (χ0v) is 11.5. The van der Waals surface area contributed by atoms with Crippen molar-refractivity contribution in [2.75, 3.05) is 26.8 Å². The molecule has 0 spiro atoms. The largest absolute Gasteiger partial charge is 0.478 e. The summed E-state index contributed by atoms with van der Waals surface area (Å²) in [7, 11) is 1.74. The number of carboxylic acid groups (broad SMARTS) is 1. The second-order valence-electron chi connectivity index (χ2n) is 5.16. The normalized spacial score (nSPS) is 17.8. The Balaban J connectivity index is 1.89. The number of methoxy groups -OCH3 is 1. The van der Waals surface area contributed by atoms with Crippen LogP contribution in [0.3, 0.4) is 0 Å². The third-order valence-electron chi connectivity index (χ3n) is 3.69. The Morgan fingerprint density at radius 2 is 2.21 bits per heavy atom. The van der Waals surface area contributed by atoms with E-state index in [4.69, 9.17) is 14.3 Å². The first kappa shape index (κ1) is 14.1. The Labute approximate surface area is 113 Å². The van der Waals surface area contributed by atoms with Crippen molar-refractivity contribution in [1.29, 1.82) is 0 Å². The van der Waals surface area contributed by atoms with E-state index in [1.165, 1.54) is 0 Å². The highest BCUT2D eigenvalue weighted by Crippen LogP contribution is 2.21. The molecule has 0 unspecified atom stereocenters. The van der Waals surface area contributed by atoms with Crippen LogP contribution >= 0.6 is 0 Å². The summed E-state index contributed by atoms with van der Waals surface area (Å²) in [5.41, 5.74) is 0.268. The minimum Gasteiger partial charge on any atom is -0.478 e. The number of nitrogens with zero attached hydrogens (tertiary/aromatic N) is 1. The van der Waals surface area contributed by atoms with Crippen molar-refractivity contribution in [2.45, 2.75) is 26.3 Å². The van der Waals surface area contributed by atoms with Gasteiger partial charge in [-0.15, -0.1) is 0 Å². The summed E-state index contributed by atoms with van der Waals surface area (Å²) in [5.74, 6) is 0.942. The average molecular weight is 267 g/mol. The molecule has 1 N–H and O–H groups in total. The summed E-state index contributed by atoms with van der Waals surface area (Å²) in [6.07, 6.45) is 2.25. The summed E-state index contributed by atoms with van der Waals surface area (Å²) < 4.78 is 10.7. The second kappa shape index (κ2) is 6.21. The molecule has 1 aliphatic heterocycles. The van der Waals surface area contributed by atoms with E-state index in [1.807, 2.05) is 0 Å². The molecule has 2 heterocycles. The summed E-state index contributed by atoms with van der Waals surface area (Å²) in [6.45, 7) is 5.23. The number of aromatic carboxylic acids is 1. The third kappa shape index (κ3) is 3.58. The van der Waals surface area contributed by atoms with Gasteiger partial charge in [-0.25, -0.2) is 4.79 Å². The fourth-order valence-corrected chi connectivity index (χ4v) is 2.60. The van der Waals surface area contributed by atoms with E-state index in [9.17, 15) is 4.79 Å². The predicted octanol–water partition coefficient (Wildman–Crippen LogP) is 2.14. The number of hydrogen-bond donors (Lipinski definition) is 1. The monoisotopic (exact) mass is 267 g/mol. The van der Waals surface area contributed by atoms with Gasteiger partial charge in [-0.3, -0.25) is 4.90 Å². The highest BCUT2D eigenvalue weighted by Gasteiger charge is 2.21. The van der Waals surface area contributed by atoms with Gasteiger partial charge >= 0.3 is 5.97 Å². The van der Waals surface area contributed by atoms with Crippen molar-refractivity contribution in [1.82, 2.24) is 4.90 Å². The lowest BCUT2D eigenvalue weighted by molar-refractivity contribution is 0.0695.